The molecule has 0 amide bonds. The zero-order chi connectivity index (χ0) is 19.5. The summed E-state index contributed by atoms with van der Waals surface area (Å²) >= 11 is 0. The molecule has 1 aliphatic rings. The molecule has 1 saturated heterocycles. The molecular weight excluding hydrogens is 387 g/mol. The van der Waals surface area contributed by atoms with Gasteiger partial charge in [-0.15, -0.1) is 13.2 Å². The summed E-state index contributed by atoms with van der Waals surface area (Å²) in [5.74, 6) is -0.498. The number of hydrogen-bond donors (Lipinski definition) is 1. The van der Waals surface area contributed by atoms with Gasteiger partial charge in [0.15, 0.2) is 0 Å². The Balaban J connectivity index is 1.64. The summed E-state index contributed by atoms with van der Waals surface area (Å²) < 4.78 is 74.5. The topological polar surface area (TPSA) is 82.5 Å². The second-order valence-electron chi connectivity index (χ2n) is 6.06. The van der Waals surface area contributed by atoms with Crippen molar-refractivity contribution in [2.24, 2.45) is 0 Å². The van der Waals surface area contributed by atoms with Crippen molar-refractivity contribution in [3.05, 3.63) is 36.7 Å². The van der Waals surface area contributed by atoms with E-state index >= 15 is 0 Å². The SMILES string of the molecule is O=S(=O)(Nc1cnn(C[C@H]2CCCCO2)c1)c1ccc(OC(F)(F)F)cc1. The van der Waals surface area contributed by atoms with E-state index < -0.39 is 22.1 Å². The van der Waals surface area contributed by atoms with Gasteiger partial charge in [-0.3, -0.25) is 9.40 Å². The number of aromatic nitrogens is 2. The largest absolute Gasteiger partial charge is 0.573 e. The smallest absolute Gasteiger partial charge is 0.406 e. The molecule has 7 nitrogen and oxygen atoms in total. The van der Waals surface area contributed by atoms with E-state index in [2.05, 4.69) is 14.6 Å². The van der Waals surface area contributed by atoms with Crippen LogP contribution in [0.3, 0.4) is 0 Å². The Bertz CT molecular complexity index is 860. The van der Waals surface area contributed by atoms with Crippen molar-refractivity contribution in [1.82, 2.24) is 9.78 Å². The number of alkyl halides is 3. The number of nitrogens with one attached hydrogen (secondary N) is 1. The molecule has 2 heterocycles. The van der Waals surface area contributed by atoms with Crippen molar-refractivity contribution in [1.29, 1.82) is 0 Å². The standard InChI is InChI=1S/C16H18F3N3O4S/c17-16(18,19)26-13-4-6-15(7-5-13)27(23,24)21-12-9-20-22(10-12)11-14-3-1-2-8-25-14/h4-7,9-10,14,21H,1-3,8,11H2/t14-/m1/s1. The maximum atomic E-state index is 12.4. The predicted molar refractivity (Wildman–Crippen MR) is 89.8 cm³/mol. The minimum absolute atomic E-state index is 0.0456. The second kappa shape index (κ2) is 7.77. The van der Waals surface area contributed by atoms with Crippen molar-refractivity contribution in [2.75, 3.05) is 11.3 Å². The highest BCUT2D eigenvalue weighted by Gasteiger charge is 2.31. The molecule has 2 aromatic rings. The molecule has 148 valence electrons. The van der Waals surface area contributed by atoms with Gasteiger partial charge in [0.2, 0.25) is 0 Å². The molecule has 0 aliphatic carbocycles. The third kappa shape index (κ3) is 5.60. The Hall–Kier alpha value is -2.27. The zero-order valence-electron chi connectivity index (χ0n) is 14.1. The van der Waals surface area contributed by atoms with Gasteiger partial charge in [0.25, 0.3) is 10.0 Å². The van der Waals surface area contributed by atoms with E-state index in [1.165, 1.54) is 12.4 Å². The van der Waals surface area contributed by atoms with Gasteiger partial charge in [0.1, 0.15) is 5.75 Å². The van der Waals surface area contributed by atoms with Crippen LogP contribution in [0.25, 0.3) is 0 Å². The zero-order valence-corrected chi connectivity index (χ0v) is 15.0. The lowest BCUT2D eigenvalue weighted by atomic mass is 10.1. The maximum absolute atomic E-state index is 12.4. The summed E-state index contributed by atoms with van der Waals surface area (Å²) in [5.41, 5.74) is 0.251. The number of sulfonamides is 1. The summed E-state index contributed by atoms with van der Waals surface area (Å²) in [5, 5.41) is 4.11. The van der Waals surface area contributed by atoms with E-state index in [1.54, 1.807) is 4.68 Å². The van der Waals surface area contributed by atoms with Crippen LogP contribution in [-0.2, 0) is 21.3 Å². The third-order valence-electron chi connectivity index (χ3n) is 3.92. The molecule has 0 spiro atoms. The Morgan fingerprint density at radius 3 is 2.63 bits per heavy atom. The van der Waals surface area contributed by atoms with E-state index in [0.29, 0.717) is 13.2 Å². The van der Waals surface area contributed by atoms with Crippen molar-refractivity contribution in [2.45, 2.75) is 43.2 Å². The number of halogens is 3. The molecule has 0 bridgehead atoms. The molecule has 0 radical (unpaired) electrons. The number of anilines is 1. The number of nitrogens with zero attached hydrogens (tertiary/aromatic N) is 2. The molecule has 1 aromatic heterocycles. The molecule has 0 saturated carbocycles. The maximum Gasteiger partial charge on any atom is 0.573 e. The molecule has 27 heavy (non-hydrogen) atoms. The average Bonchev–Trinajstić information content (AvgIpc) is 3.01. The first-order valence-electron chi connectivity index (χ1n) is 8.24. The molecule has 3 rings (SSSR count). The van der Waals surface area contributed by atoms with Crippen LogP contribution in [0.15, 0.2) is 41.6 Å². The van der Waals surface area contributed by atoms with Gasteiger partial charge in [0.05, 0.1) is 29.4 Å². The lowest BCUT2D eigenvalue weighted by molar-refractivity contribution is -0.274. The lowest BCUT2D eigenvalue weighted by Crippen LogP contribution is -2.24. The highest BCUT2D eigenvalue weighted by Crippen LogP contribution is 2.25. The van der Waals surface area contributed by atoms with Gasteiger partial charge >= 0.3 is 6.36 Å². The Morgan fingerprint density at radius 1 is 1.26 bits per heavy atom. The fraction of sp³-hybridized carbons (Fsp3) is 0.438. The Kier molecular flexibility index (Phi) is 5.61. The van der Waals surface area contributed by atoms with Gasteiger partial charge in [-0.1, -0.05) is 0 Å². The van der Waals surface area contributed by atoms with Crippen molar-refractivity contribution >= 4 is 15.7 Å². The minimum atomic E-state index is -4.84. The highest BCUT2D eigenvalue weighted by molar-refractivity contribution is 7.92. The molecule has 1 atom stereocenters. The number of hydrogen-bond acceptors (Lipinski definition) is 5. The fourth-order valence-corrected chi connectivity index (χ4v) is 3.74. The van der Waals surface area contributed by atoms with Gasteiger partial charge in [-0.05, 0) is 43.5 Å². The van der Waals surface area contributed by atoms with E-state index in [9.17, 15) is 21.6 Å². The van der Waals surface area contributed by atoms with Crippen LogP contribution in [0, 0.1) is 0 Å². The molecule has 1 aliphatic heterocycles. The highest BCUT2D eigenvalue weighted by atomic mass is 32.2. The van der Waals surface area contributed by atoms with E-state index in [4.69, 9.17) is 4.74 Å². The monoisotopic (exact) mass is 405 g/mol. The van der Waals surface area contributed by atoms with Crippen LogP contribution >= 0.6 is 0 Å². The van der Waals surface area contributed by atoms with Gasteiger partial charge in [0, 0.05) is 12.8 Å². The Morgan fingerprint density at radius 2 is 2.00 bits per heavy atom. The first-order chi connectivity index (χ1) is 12.7. The van der Waals surface area contributed by atoms with Crippen molar-refractivity contribution in [3.63, 3.8) is 0 Å². The summed E-state index contributed by atoms with van der Waals surface area (Å²) in [7, 11) is -3.96. The van der Waals surface area contributed by atoms with Crippen LogP contribution in [0.2, 0.25) is 0 Å². The molecule has 1 N–H and O–H groups in total. The van der Waals surface area contributed by atoms with E-state index in [0.717, 1.165) is 43.5 Å². The van der Waals surface area contributed by atoms with Crippen molar-refractivity contribution in [3.8, 4) is 5.75 Å². The van der Waals surface area contributed by atoms with Crippen molar-refractivity contribution < 1.29 is 31.1 Å². The number of rotatable bonds is 6. The third-order valence-corrected chi connectivity index (χ3v) is 5.31. The minimum Gasteiger partial charge on any atom is -0.406 e. The average molecular weight is 405 g/mol. The number of benzene rings is 1. The van der Waals surface area contributed by atoms with Crippen LogP contribution in [0.1, 0.15) is 19.3 Å². The van der Waals surface area contributed by atoms with Crippen LogP contribution < -0.4 is 9.46 Å². The summed E-state index contributed by atoms with van der Waals surface area (Å²) in [6.45, 7) is 1.23. The normalized spacial score (nSPS) is 18.3. The summed E-state index contributed by atoms with van der Waals surface area (Å²) in [6, 6.07) is 3.94. The summed E-state index contributed by atoms with van der Waals surface area (Å²) in [6.07, 6.45) is 1.15. The van der Waals surface area contributed by atoms with Crippen LogP contribution in [0.4, 0.5) is 18.9 Å². The van der Waals surface area contributed by atoms with Gasteiger partial charge in [-0.2, -0.15) is 5.10 Å². The van der Waals surface area contributed by atoms with Gasteiger partial charge in [-0.25, -0.2) is 8.42 Å². The molecular formula is C16H18F3N3O4S. The first kappa shape index (κ1) is 19.5. The molecule has 11 heteroatoms. The van der Waals surface area contributed by atoms with Gasteiger partial charge < -0.3 is 9.47 Å². The predicted octanol–water partition coefficient (Wildman–Crippen LogP) is 3.15. The van der Waals surface area contributed by atoms with E-state index in [-0.39, 0.29) is 16.7 Å². The number of ether oxygens (including phenoxy) is 2. The van der Waals surface area contributed by atoms with Crippen LogP contribution in [-0.4, -0.2) is 37.3 Å². The molecule has 0 unspecified atom stereocenters. The Labute approximate surface area is 154 Å². The van der Waals surface area contributed by atoms with E-state index in [1.807, 2.05) is 0 Å². The lowest BCUT2D eigenvalue weighted by Gasteiger charge is -2.22. The molecule has 1 aromatic carbocycles. The van der Waals surface area contributed by atoms with Crippen LogP contribution in [0.5, 0.6) is 5.75 Å². The fourth-order valence-electron chi connectivity index (χ4n) is 2.71. The quantitative estimate of drug-likeness (QED) is 0.798. The second-order valence-corrected chi connectivity index (χ2v) is 7.75. The molecule has 1 fully saturated rings. The summed E-state index contributed by atoms with van der Waals surface area (Å²) in [4.78, 5) is -0.194. The first-order valence-corrected chi connectivity index (χ1v) is 9.72.